The maximum atomic E-state index is 9.04. The molecule has 0 aliphatic carbocycles. The molecule has 2 fully saturated rings. The van der Waals surface area contributed by atoms with Gasteiger partial charge in [0.2, 0.25) is 0 Å². The maximum Gasteiger partial charge on any atom is 0.179 e. The zero-order valence-electron chi connectivity index (χ0n) is 11.8. The maximum absolute atomic E-state index is 9.04. The van der Waals surface area contributed by atoms with E-state index in [2.05, 4.69) is 29.0 Å². The van der Waals surface area contributed by atoms with Gasteiger partial charge in [0.15, 0.2) is 6.19 Å². The fourth-order valence-corrected chi connectivity index (χ4v) is 3.32. The van der Waals surface area contributed by atoms with E-state index in [1.54, 1.807) is 0 Å². The van der Waals surface area contributed by atoms with Crippen molar-refractivity contribution in [3.63, 3.8) is 0 Å². The smallest absolute Gasteiger partial charge is 0.179 e. The van der Waals surface area contributed by atoms with Crippen molar-refractivity contribution in [2.45, 2.75) is 38.3 Å². The number of nitrogens with zero attached hydrogens (tertiary/aromatic N) is 5. The molecule has 2 saturated heterocycles. The first-order valence-electron chi connectivity index (χ1n) is 7.28. The van der Waals surface area contributed by atoms with Gasteiger partial charge in [-0.15, -0.1) is 0 Å². The average molecular weight is 261 g/mol. The lowest BCUT2D eigenvalue weighted by atomic mass is 10.0. The minimum Gasteiger partial charge on any atom is -0.309 e. The molecule has 2 unspecified atom stereocenters. The zero-order valence-corrected chi connectivity index (χ0v) is 11.8. The summed E-state index contributed by atoms with van der Waals surface area (Å²) in [4.78, 5) is 6.79. The molecule has 0 amide bonds. The molecule has 2 aliphatic rings. The van der Waals surface area contributed by atoms with Crippen LogP contribution < -0.4 is 0 Å². The Kier molecular flexibility index (Phi) is 5.01. The van der Waals surface area contributed by atoms with E-state index in [4.69, 9.17) is 10.5 Å². The van der Waals surface area contributed by atoms with Crippen molar-refractivity contribution in [2.75, 3.05) is 39.3 Å². The molecule has 2 aliphatic heterocycles. The van der Waals surface area contributed by atoms with E-state index in [-0.39, 0.29) is 0 Å². The number of hydrogen-bond donors (Lipinski definition) is 0. The van der Waals surface area contributed by atoms with Crippen LogP contribution in [0.4, 0.5) is 0 Å². The van der Waals surface area contributed by atoms with E-state index >= 15 is 0 Å². The molecule has 5 nitrogen and oxygen atoms in total. The van der Waals surface area contributed by atoms with Gasteiger partial charge < -0.3 is 9.80 Å². The van der Waals surface area contributed by atoms with Crippen LogP contribution in [0.3, 0.4) is 0 Å². The summed E-state index contributed by atoms with van der Waals surface area (Å²) < 4.78 is 0. The zero-order chi connectivity index (χ0) is 13.7. The van der Waals surface area contributed by atoms with E-state index < -0.39 is 0 Å². The summed E-state index contributed by atoms with van der Waals surface area (Å²) in [5.41, 5.74) is 0. The molecular formula is C14H23N5. The third-order valence-corrected chi connectivity index (χ3v) is 4.25. The molecule has 104 valence electrons. The number of likely N-dealkylation sites (tertiary alicyclic amines) is 1. The van der Waals surface area contributed by atoms with E-state index in [0.29, 0.717) is 18.5 Å². The van der Waals surface area contributed by atoms with Crippen LogP contribution in [-0.4, -0.2) is 66.1 Å². The summed E-state index contributed by atoms with van der Waals surface area (Å²) in [7, 11) is 0. The van der Waals surface area contributed by atoms with Gasteiger partial charge in [0, 0.05) is 44.8 Å². The number of hydrogen-bond acceptors (Lipinski definition) is 5. The Bertz CT molecular complexity index is 369. The molecule has 0 saturated carbocycles. The minimum atomic E-state index is 0.342. The third-order valence-electron chi connectivity index (χ3n) is 4.25. The fourth-order valence-electron chi connectivity index (χ4n) is 3.32. The standard InChI is InChI=1S/C14H23N5/c1-2-6-17-8-9-19(13(10-17)3-5-15)14-4-7-18(11-14)12-16/h13-14H,2-4,6-11H2,1H3. The molecule has 0 N–H and O–H groups in total. The molecule has 0 aromatic heterocycles. The first-order valence-corrected chi connectivity index (χ1v) is 7.28. The van der Waals surface area contributed by atoms with Crippen molar-refractivity contribution in [1.29, 1.82) is 10.5 Å². The Morgan fingerprint density at radius 1 is 1.16 bits per heavy atom. The van der Waals surface area contributed by atoms with Gasteiger partial charge in [0.25, 0.3) is 0 Å². The van der Waals surface area contributed by atoms with Crippen LogP contribution in [0.2, 0.25) is 0 Å². The average Bonchev–Trinajstić information content (AvgIpc) is 2.88. The molecule has 2 atom stereocenters. The molecule has 0 aromatic carbocycles. The lowest BCUT2D eigenvalue weighted by Gasteiger charge is -2.43. The third kappa shape index (κ3) is 3.37. The summed E-state index contributed by atoms with van der Waals surface area (Å²) in [6.45, 7) is 8.18. The highest BCUT2D eigenvalue weighted by molar-refractivity contribution is 4.96. The van der Waals surface area contributed by atoms with Crippen molar-refractivity contribution in [1.82, 2.24) is 14.7 Å². The predicted octanol–water partition coefficient (Wildman–Crippen LogP) is 0.852. The van der Waals surface area contributed by atoms with Crippen LogP contribution in [0, 0.1) is 22.8 Å². The molecule has 19 heavy (non-hydrogen) atoms. The quantitative estimate of drug-likeness (QED) is 0.702. The molecule has 0 aromatic rings. The second-order valence-electron chi connectivity index (χ2n) is 5.54. The summed E-state index contributed by atoms with van der Waals surface area (Å²) in [5.74, 6) is 0. The largest absolute Gasteiger partial charge is 0.309 e. The second kappa shape index (κ2) is 6.75. The van der Waals surface area contributed by atoms with E-state index in [9.17, 15) is 0 Å². The molecular weight excluding hydrogens is 238 g/mol. The molecule has 2 heterocycles. The lowest BCUT2D eigenvalue weighted by Crippen LogP contribution is -2.56. The van der Waals surface area contributed by atoms with Crippen LogP contribution in [0.15, 0.2) is 0 Å². The van der Waals surface area contributed by atoms with Crippen molar-refractivity contribution < 1.29 is 0 Å². The van der Waals surface area contributed by atoms with E-state index in [1.165, 1.54) is 6.42 Å². The van der Waals surface area contributed by atoms with Gasteiger partial charge in [-0.3, -0.25) is 4.90 Å². The lowest BCUT2D eigenvalue weighted by molar-refractivity contribution is 0.0463. The first kappa shape index (κ1) is 14.1. The Morgan fingerprint density at radius 3 is 2.63 bits per heavy atom. The van der Waals surface area contributed by atoms with Crippen LogP contribution in [-0.2, 0) is 0 Å². The Morgan fingerprint density at radius 2 is 2.00 bits per heavy atom. The monoisotopic (exact) mass is 261 g/mol. The Hall–Kier alpha value is -1.30. The van der Waals surface area contributed by atoms with E-state index in [0.717, 1.165) is 45.7 Å². The van der Waals surface area contributed by atoms with Gasteiger partial charge in [-0.25, -0.2) is 0 Å². The normalized spacial score (nSPS) is 29.1. The number of rotatable bonds is 4. The highest BCUT2D eigenvalue weighted by Crippen LogP contribution is 2.22. The van der Waals surface area contributed by atoms with Crippen molar-refractivity contribution >= 4 is 0 Å². The molecule has 2 rings (SSSR count). The molecule has 0 bridgehead atoms. The summed E-state index contributed by atoms with van der Waals surface area (Å²) >= 11 is 0. The van der Waals surface area contributed by atoms with Crippen molar-refractivity contribution in [3.8, 4) is 12.3 Å². The van der Waals surface area contributed by atoms with E-state index in [1.807, 2.05) is 4.90 Å². The van der Waals surface area contributed by atoms with Crippen LogP contribution >= 0.6 is 0 Å². The van der Waals surface area contributed by atoms with Gasteiger partial charge >= 0.3 is 0 Å². The highest BCUT2D eigenvalue weighted by atomic mass is 15.3. The van der Waals surface area contributed by atoms with Crippen LogP contribution in [0.25, 0.3) is 0 Å². The van der Waals surface area contributed by atoms with Gasteiger partial charge in [0.05, 0.1) is 12.5 Å². The number of piperazine rings is 1. The number of nitriles is 2. The second-order valence-corrected chi connectivity index (χ2v) is 5.54. The SMILES string of the molecule is CCCN1CCN(C2CCN(C#N)C2)C(CC#N)C1. The first-order chi connectivity index (χ1) is 9.28. The molecule has 0 radical (unpaired) electrons. The topological polar surface area (TPSA) is 57.3 Å². The summed E-state index contributed by atoms with van der Waals surface area (Å²) in [6, 6.07) is 3.13. The predicted molar refractivity (Wildman–Crippen MR) is 73.0 cm³/mol. The Balaban J connectivity index is 1.96. The van der Waals surface area contributed by atoms with Crippen molar-refractivity contribution in [2.24, 2.45) is 0 Å². The molecule has 5 heteroatoms. The van der Waals surface area contributed by atoms with Gasteiger partial charge in [0.1, 0.15) is 0 Å². The highest BCUT2D eigenvalue weighted by Gasteiger charge is 2.35. The summed E-state index contributed by atoms with van der Waals surface area (Å²) in [6.07, 6.45) is 5.07. The summed E-state index contributed by atoms with van der Waals surface area (Å²) in [5, 5.41) is 18.0. The van der Waals surface area contributed by atoms with Crippen LogP contribution in [0.1, 0.15) is 26.2 Å². The molecule has 0 spiro atoms. The minimum absolute atomic E-state index is 0.342. The fraction of sp³-hybridized carbons (Fsp3) is 0.857. The van der Waals surface area contributed by atoms with Gasteiger partial charge in [-0.05, 0) is 19.4 Å². The van der Waals surface area contributed by atoms with Gasteiger partial charge in [-0.1, -0.05) is 6.92 Å². The van der Waals surface area contributed by atoms with Crippen molar-refractivity contribution in [3.05, 3.63) is 0 Å². The Labute approximate surface area is 116 Å². The van der Waals surface area contributed by atoms with Gasteiger partial charge in [-0.2, -0.15) is 10.5 Å². The van der Waals surface area contributed by atoms with Crippen LogP contribution in [0.5, 0.6) is 0 Å².